The van der Waals surface area contributed by atoms with Crippen molar-refractivity contribution >= 4 is 34.1 Å². The minimum atomic E-state index is -0.117. The van der Waals surface area contributed by atoms with Crippen LogP contribution in [0.25, 0.3) is 77.9 Å². The molecule has 0 bridgehead atoms. The van der Waals surface area contributed by atoms with Gasteiger partial charge in [0.15, 0.2) is 0 Å². The molecule has 306 valence electrons. The molecule has 0 spiro atoms. The summed E-state index contributed by atoms with van der Waals surface area (Å²) in [5.41, 5.74) is 26.8. The Morgan fingerprint density at radius 1 is 0.246 bits per heavy atom. The van der Waals surface area contributed by atoms with Gasteiger partial charge in [-0.2, -0.15) is 0 Å². The summed E-state index contributed by atoms with van der Waals surface area (Å²) in [6, 6.07) is 85.5. The molecule has 1 aliphatic carbocycles. The van der Waals surface area contributed by atoms with Crippen molar-refractivity contribution in [2.45, 2.75) is 19.3 Å². The number of hydrogen-bond donors (Lipinski definition) is 0. The maximum Gasteiger partial charge on any atom is 0.0540 e. The third-order valence-electron chi connectivity index (χ3n) is 14.1. The van der Waals surface area contributed by atoms with E-state index in [2.05, 4.69) is 254 Å². The Morgan fingerprint density at radius 2 is 0.662 bits per heavy atom. The normalized spacial score (nSPS) is 13.4. The zero-order valence-electron chi connectivity index (χ0n) is 36.3. The van der Waals surface area contributed by atoms with E-state index in [9.17, 15) is 0 Å². The fraction of sp³-hybridized carbons (Fsp3) is 0.0476. The quantitative estimate of drug-likeness (QED) is 0.174. The van der Waals surface area contributed by atoms with Gasteiger partial charge in [0.05, 0.1) is 22.7 Å². The topological polar surface area (TPSA) is 6.48 Å². The van der Waals surface area contributed by atoms with Crippen molar-refractivity contribution in [1.82, 2.24) is 0 Å². The zero-order chi connectivity index (χ0) is 43.2. The van der Waals surface area contributed by atoms with Gasteiger partial charge in [-0.3, -0.25) is 0 Å². The van der Waals surface area contributed by atoms with Gasteiger partial charge >= 0.3 is 0 Å². The highest BCUT2D eigenvalue weighted by Crippen LogP contribution is 2.56. The average Bonchev–Trinajstić information content (AvgIpc) is 3.45. The van der Waals surface area contributed by atoms with Crippen molar-refractivity contribution in [3.05, 3.63) is 242 Å². The number of nitrogens with zero attached hydrogens (tertiary/aromatic N) is 2. The zero-order valence-corrected chi connectivity index (χ0v) is 36.3. The van der Waals surface area contributed by atoms with Crippen molar-refractivity contribution < 1.29 is 0 Å². The van der Waals surface area contributed by atoms with Gasteiger partial charge in [-0.15, -0.1) is 0 Å². The number of para-hydroxylation sites is 2. The van der Waals surface area contributed by atoms with Crippen LogP contribution in [0.4, 0.5) is 34.1 Å². The van der Waals surface area contributed by atoms with Crippen LogP contribution in [0.2, 0.25) is 0 Å². The standard InChI is InChI=1S/C63H44N2/c1-63(2)57-28-13-10-25-51(57)52-34-33-46(40-58(52)63)65-60-30-15-12-27-54(60)48-22-7-9-24-50(48)56-39-44(32-36-62(56)65)43-31-35-61-55(38-43)49-23-8-6-21-47(49)53-26-11-14-29-59(53)64(61)45-20-16-19-42(37-45)41-17-4-3-5-18-41/h3-40H,1-2H3. The van der Waals surface area contributed by atoms with Gasteiger partial charge in [0.2, 0.25) is 0 Å². The first kappa shape index (κ1) is 37.4. The molecule has 0 unspecified atom stereocenters. The van der Waals surface area contributed by atoms with Crippen LogP contribution in [-0.2, 0) is 5.41 Å². The highest BCUT2D eigenvalue weighted by atomic mass is 15.2. The molecule has 0 atom stereocenters. The number of anilines is 6. The summed E-state index contributed by atoms with van der Waals surface area (Å²) in [5, 5.41) is 0. The predicted octanol–water partition coefficient (Wildman–Crippen LogP) is 17.6. The van der Waals surface area contributed by atoms with E-state index in [1.165, 1.54) is 100 Å². The van der Waals surface area contributed by atoms with Gasteiger partial charge < -0.3 is 9.80 Å². The van der Waals surface area contributed by atoms with Crippen LogP contribution >= 0.6 is 0 Å². The summed E-state index contributed by atoms with van der Waals surface area (Å²) in [6.45, 7) is 4.74. The number of fused-ring (bicyclic) bond motifs is 13. The SMILES string of the molecule is CC1(C)c2ccccc2-c2ccc(N3c4ccccc4-c4ccccc4-c4cc(-c5ccc6c(c5)-c5ccccc5-c5ccccc5N6c5cccc(-c6ccccc6)c5)ccc43)cc21. The van der Waals surface area contributed by atoms with Gasteiger partial charge in [-0.25, -0.2) is 0 Å². The molecule has 0 saturated heterocycles. The molecular formula is C63H44N2. The van der Waals surface area contributed by atoms with E-state index in [1.54, 1.807) is 0 Å². The Labute approximate surface area is 381 Å². The Balaban J connectivity index is 1.000. The summed E-state index contributed by atoms with van der Waals surface area (Å²) >= 11 is 0. The van der Waals surface area contributed by atoms with E-state index in [-0.39, 0.29) is 5.41 Å². The third kappa shape index (κ3) is 5.74. The maximum atomic E-state index is 2.50. The van der Waals surface area contributed by atoms with Crippen molar-refractivity contribution in [1.29, 1.82) is 0 Å². The van der Waals surface area contributed by atoms with Crippen LogP contribution in [0.1, 0.15) is 25.0 Å². The molecule has 0 N–H and O–H groups in total. The van der Waals surface area contributed by atoms with Crippen LogP contribution < -0.4 is 9.80 Å². The molecule has 0 fully saturated rings. The maximum absolute atomic E-state index is 2.50. The second-order valence-electron chi connectivity index (χ2n) is 18.1. The predicted molar refractivity (Wildman–Crippen MR) is 273 cm³/mol. The molecule has 2 heteroatoms. The Morgan fingerprint density at radius 3 is 1.25 bits per heavy atom. The second kappa shape index (κ2) is 14.4. The lowest BCUT2D eigenvalue weighted by Crippen LogP contribution is -2.16. The second-order valence-corrected chi connectivity index (χ2v) is 18.1. The number of benzene rings is 10. The molecule has 2 nitrogen and oxygen atoms in total. The van der Waals surface area contributed by atoms with Gasteiger partial charge in [0.25, 0.3) is 0 Å². The van der Waals surface area contributed by atoms with E-state index in [0.717, 1.165) is 22.7 Å². The van der Waals surface area contributed by atoms with Crippen LogP contribution in [0.5, 0.6) is 0 Å². The lowest BCUT2D eigenvalue weighted by atomic mass is 9.82. The molecule has 0 aromatic heterocycles. The van der Waals surface area contributed by atoms with Gasteiger partial charge in [-0.1, -0.05) is 184 Å². The molecule has 0 amide bonds. The molecule has 10 aromatic rings. The molecule has 2 heterocycles. The van der Waals surface area contributed by atoms with E-state index in [0.29, 0.717) is 0 Å². The van der Waals surface area contributed by atoms with Gasteiger partial charge in [0.1, 0.15) is 0 Å². The average molecular weight is 829 g/mol. The highest BCUT2D eigenvalue weighted by molar-refractivity contribution is 6.06. The Kier molecular flexibility index (Phi) is 8.29. The Hall–Kier alpha value is -8.20. The van der Waals surface area contributed by atoms with Crippen LogP contribution in [0.3, 0.4) is 0 Å². The monoisotopic (exact) mass is 828 g/mol. The summed E-state index contributed by atoms with van der Waals surface area (Å²) < 4.78 is 0. The van der Waals surface area contributed by atoms with E-state index < -0.39 is 0 Å². The minimum absolute atomic E-state index is 0.117. The lowest BCUT2D eigenvalue weighted by molar-refractivity contribution is 0.660. The third-order valence-corrected chi connectivity index (χ3v) is 14.1. The van der Waals surface area contributed by atoms with Crippen molar-refractivity contribution in [2.24, 2.45) is 0 Å². The number of rotatable bonds is 4. The van der Waals surface area contributed by atoms with E-state index in [4.69, 9.17) is 0 Å². The first-order chi connectivity index (χ1) is 32.0. The van der Waals surface area contributed by atoms with Crippen molar-refractivity contribution in [3.8, 4) is 77.9 Å². The fourth-order valence-electron chi connectivity index (χ4n) is 11.1. The van der Waals surface area contributed by atoms with Gasteiger partial charge in [0, 0.05) is 39.0 Å². The van der Waals surface area contributed by atoms with Gasteiger partial charge in [-0.05, 0) is 127 Å². The summed E-state index contributed by atoms with van der Waals surface area (Å²) in [6.07, 6.45) is 0. The molecule has 2 aliphatic heterocycles. The smallest absolute Gasteiger partial charge is 0.0540 e. The summed E-state index contributed by atoms with van der Waals surface area (Å²) in [4.78, 5) is 4.96. The number of hydrogen-bond acceptors (Lipinski definition) is 2. The Bertz CT molecular complexity index is 3540. The molecule has 65 heavy (non-hydrogen) atoms. The molecule has 0 radical (unpaired) electrons. The molecule has 13 rings (SSSR count). The summed E-state index contributed by atoms with van der Waals surface area (Å²) in [7, 11) is 0. The largest absolute Gasteiger partial charge is 0.309 e. The summed E-state index contributed by atoms with van der Waals surface area (Å²) in [5.74, 6) is 0. The van der Waals surface area contributed by atoms with E-state index >= 15 is 0 Å². The fourth-order valence-corrected chi connectivity index (χ4v) is 11.1. The highest BCUT2D eigenvalue weighted by Gasteiger charge is 2.36. The molecule has 3 aliphatic rings. The molecular weight excluding hydrogens is 785 g/mol. The first-order valence-electron chi connectivity index (χ1n) is 22.7. The minimum Gasteiger partial charge on any atom is -0.309 e. The first-order valence-corrected chi connectivity index (χ1v) is 22.7. The van der Waals surface area contributed by atoms with Crippen molar-refractivity contribution in [3.63, 3.8) is 0 Å². The van der Waals surface area contributed by atoms with Crippen LogP contribution in [0, 0.1) is 0 Å². The van der Waals surface area contributed by atoms with Crippen LogP contribution in [0.15, 0.2) is 231 Å². The lowest BCUT2D eigenvalue weighted by Gasteiger charge is -2.29. The molecule has 10 aromatic carbocycles. The van der Waals surface area contributed by atoms with E-state index in [1.807, 2.05) is 0 Å². The van der Waals surface area contributed by atoms with Crippen molar-refractivity contribution in [2.75, 3.05) is 9.80 Å². The van der Waals surface area contributed by atoms with Crippen LogP contribution in [-0.4, -0.2) is 0 Å². The molecule has 0 saturated carbocycles.